The monoisotopic (exact) mass is 265 g/mol. The van der Waals surface area contributed by atoms with Crippen LogP contribution in [0.15, 0.2) is 47.1 Å². The summed E-state index contributed by atoms with van der Waals surface area (Å²) in [5.41, 5.74) is 6.36. The lowest BCUT2D eigenvalue weighted by atomic mass is 10.2. The molecule has 0 saturated carbocycles. The van der Waals surface area contributed by atoms with Gasteiger partial charge in [-0.05, 0) is 36.4 Å². The molecule has 2 aromatic rings. The number of rotatable bonds is 3. The highest BCUT2D eigenvalue weighted by atomic mass is 35.5. The first-order valence-electron chi connectivity index (χ1n) is 5.06. The van der Waals surface area contributed by atoms with Crippen LogP contribution in [0.2, 0.25) is 5.02 Å². The number of halogens is 1. The zero-order chi connectivity index (χ0) is 13.0. The summed E-state index contributed by atoms with van der Waals surface area (Å²) >= 11 is 5.74. The van der Waals surface area contributed by atoms with Crippen molar-refractivity contribution in [2.24, 2.45) is 5.73 Å². The zero-order valence-electron chi connectivity index (χ0n) is 9.22. The topological polar surface area (TPSA) is 79.4 Å². The molecule has 1 aromatic heterocycles. The molecule has 0 aliphatic carbocycles. The number of amidine groups is 1. The molecule has 2 rings (SSSR count). The van der Waals surface area contributed by atoms with Crippen molar-refractivity contribution in [1.29, 1.82) is 0 Å². The molecular weight excluding hydrogens is 256 g/mol. The Labute approximate surface area is 108 Å². The van der Waals surface area contributed by atoms with E-state index in [4.69, 9.17) is 26.6 Å². The van der Waals surface area contributed by atoms with E-state index < -0.39 is 5.97 Å². The van der Waals surface area contributed by atoms with Gasteiger partial charge < -0.3 is 4.42 Å². The molecule has 0 unspecified atom stereocenters. The fraction of sp³-hybridized carbons (Fsp3) is 0. The van der Waals surface area contributed by atoms with Crippen molar-refractivity contribution in [2.45, 2.75) is 0 Å². The molecular formula is C12H10ClN2O3+. The van der Waals surface area contributed by atoms with Gasteiger partial charge in [0.2, 0.25) is 5.76 Å². The van der Waals surface area contributed by atoms with Crippen LogP contribution in [-0.2, 0) is 4.84 Å². The van der Waals surface area contributed by atoms with Crippen molar-refractivity contribution in [1.82, 2.24) is 0 Å². The number of nitrogen functional groups attached to an aromatic ring is 1. The molecule has 0 aliphatic rings. The summed E-state index contributed by atoms with van der Waals surface area (Å²) in [4.78, 5) is 16.2. The summed E-state index contributed by atoms with van der Waals surface area (Å²) in [5.74, 6) is -0.366. The van der Waals surface area contributed by atoms with E-state index >= 15 is 0 Å². The Hall–Kier alpha value is -2.27. The molecule has 0 atom stereocenters. The molecule has 0 radical (unpaired) electrons. The molecule has 92 valence electrons. The first kappa shape index (κ1) is 12.2. The van der Waals surface area contributed by atoms with Crippen LogP contribution in [0.25, 0.3) is 0 Å². The maximum atomic E-state index is 11.4. The molecule has 5 nitrogen and oxygen atoms in total. The summed E-state index contributed by atoms with van der Waals surface area (Å²) < 4.78 is 4.87. The third-order valence-corrected chi connectivity index (χ3v) is 2.38. The maximum Gasteiger partial charge on any atom is 0.422 e. The average molecular weight is 266 g/mol. The van der Waals surface area contributed by atoms with Crippen LogP contribution in [0.4, 0.5) is 0 Å². The van der Waals surface area contributed by atoms with Crippen molar-refractivity contribution in [2.75, 3.05) is 0 Å². The van der Waals surface area contributed by atoms with Gasteiger partial charge in [0.15, 0.2) is 0 Å². The van der Waals surface area contributed by atoms with Gasteiger partial charge in [-0.3, -0.25) is 10.6 Å². The number of hydrogen-bond donors (Lipinski definition) is 2. The van der Waals surface area contributed by atoms with Crippen molar-refractivity contribution in [3.05, 3.63) is 59.0 Å². The predicted octanol–water partition coefficient (Wildman–Crippen LogP) is 0.491. The van der Waals surface area contributed by atoms with Crippen molar-refractivity contribution >= 4 is 23.4 Å². The molecule has 1 aromatic carbocycles. The molecule has 0 saturated heterocycles. The van der Waals surface area contributed by atoms with Gasteiger partial charge in [-0.25, -0.2) is 4.79 Å². The van der Waals surface area contributed by atoms with E-state index in [2.05, 4.69) is 5.16 Å². The van der Waals surface area contributed by atoms with Crippen molar-refractivity contribution in [3.8, 4) is 0 Å². The molecule has 1 heterocycles. The summed E-state index contributed by atoms with van der Waals surface area (Å²) in [6, 6.07) is 9.84. The standard InChI is InChI=1S/C12H9ClN2O3/c13-9-5-3-8(4-6-9)11(14)15-18-12(16)10-2-1-7-17-10/h1-7H,(H2,14,15)/p+1. The van der Waals surface area contributed by atoms with Crippen LogP contribution in [0.3, 0.4) is 0 Å². The number of nitrogens with one attached hydrogen (secondary N) is 1. The summed E-state index contributed by atoms with van der Waals surface area (Å²) in [6.07, 6.45) is 1.38. The second-order valence-corrected chi connectivity index (χ2v) is 3.83. The number of benzene rings is 1. The smallest absolute Gasteiger partial charge is 0.422 e. The molecule has 0 fully saturated rings. The van der Waals surface area contributed by atoms with Crippen LogP contribution in [0, 0.1) is 0 Å². The molecule has 18 heavy (non-hydrogen) atoms. The highest BCUT2D eigenvalue weighted by Crippen LogP contribution is 2.08. The molecule has 6 heteroatoms. The molecule has 3 N–H and O–H groups in total. The maximum absolute atomic E-state index is 11.4. The third kappa shape index (κ3) is 2.89. The highest BCUT2D eigenvalue weighted by molar-refractivity contribution is 6.30. The van der Waals surface area contributed by atoms with E-state index in [0.29, 0.717) is 10.6 Å². The fourth-order valence-electron chi connectivity index (χ4n) is 1.23. The number of hydrogen-bond acceptors (Lipinski definition) is 3. The lowest BCUT2D eigenvalue weighted by molar-refractivity contribution is -0.721. The quantitative estimate of drug-likeness (QED) is 0.366. The summed E-state index contributed by atoms with van der Waals surface area (Å²) in [6.45, 7) is 0. The molecule has 0 amide bonds. The number of furan rings is 1. The molecule has 0 bridgehead atoms. The second-order valence-electron chi connectivity index (χ2n) is 3.39. The van der Waals surface area contributed by atoms with Crippen molar-refractivity contribution in [3.63, 3.8) is 0 Å². The second kappa shape index (κ2) is 5.37. The van der Waals surface area contributed by atoms with Gasteiger partial charge in [0.25, 0.3) is 0 Å². The summed E-state index contributed by atoms with van der Waals surface area (Å²) in [5, 5.41) is 2.94. The number of carbonyl (C=O) groups excluding carboxylic acids is 1. The highest BCUT2D eigenvalue weighted by Gasteiger charge is 2.12. The van der Waals surface area contributed by atoms with E-state index in [-0.39, 0.29) is 11.6 Å². The Morgan fingerprint density at radius 2 is 2.00 bits per heavy atom. The van der Waals surface area contributed by atoms with E-state index in [1.807, 2.05) is 0 Å². The van der Waals surface area contributed by atoms with E-state index in [0.717, 1.165) is 0 Å². The largest absolute Gasteiger partial charge is 0.457 e. The van der Waals surface area contributed by atoms with Gasteiger partial charge in [0.05, 0.1) is 11.8 Å². The number of carbonyl (C=O) groups is 1. The molecule has 0 spiro atoms. The van der Waals surface area contributed by atoms with Crippen LogP contribution >= 0.6 is 11.6 Å². The minimum Gasteiger partial charge on any atom is -0.457 e. The van der Waals surface area contributed by atoms with Crippen LogP contribution in [0.1, 0.15) is 16.1 Å². The minimum atomic E-state index is -0.656. The Balaban J connectivity index is 2.05. The lowest BCUT2D eigenvalue weighted by Crippen LogP contribution is -2.75. The van der Waals surface area contributed by atoms with Crippen LogP contribution in [-0.4, -0.2) is 11.8 Å². The average Bonchev–Trinajstić information content (AvgIpc) is 2.90. The van der Waals surface area contributed by atoms with Gasteiger partial charge in [-0.2, -0.15) is 0 Å². The normalized spacial score (nSPS) is 11.3. The Morgan fingerprint density at radius 3 is 2.61 bits per heavy atom. The molecule has 0 aliphatic heterocycles. The first-order valence-corrected chi connectivity index (χ1v) is 5.43. The van der Waals surface area contributed by atoms with Crippen LogP contribution < -0.4 is 10.9 Å². The lowest BCUT2D eigenvalue weighted by Gasteiger charge is -1.96. The van der Waals surface area contributed by atoms with Gasteiger partial charge in [-0.1, -0.05) is 16.8 Å². The summed E-state index contributed by atoms with van der Waals surface area (Å²) in [7, 11) is 0. The van der Waals surface area contributed by atoms with Gasteiger partial charge >= 0.3 is 11.8 Å². The van der Waals surface area contributed by atoms with E-state index in [1.165, 1.54) is 12.3 Å². The Kier molecular flexibility index (Phi) is 3.64. The number of nitrogens with two attached hydrogens (primary N) is 1. The minimum absolute atomic E-state index is 0.0893. The predicted molar refractivity (Wildman–Crippen MR) is 64.8 cm³/mol. The van der Waals surface area contributed by atoms with E-state index in [1.54, 1.807) is 30.3 Å². The Morgan fingerprint density at radius 1 is 1.28 bits per heavy atom. The van der Waals surface area contributed by atoms with Crippen LogP contribution in [0.5, 0.6) is 0 Å². The SMILES string of the molecule is NC(=[NH+]OC(=O)c1ccco1)c1ccc(Cl)cc1. The van der Waals surface area contributed by atoms with Gasteiger partial charge in [-0.15, -0.1) is 0 Å². The Bertz CT molecular complexity index is 562. The van der Waals surface area contributed by atoms with Gasteiger partial charge in [0, 0.05) is 5.02 Å². The van der Waals surface area contributed by atoms with E-state index in [9.17, 15) is 4.79 Å². The fourth-order valence-corrected chi connectivity index (χ4v) is 1.36. The van der Waals surface area contributed by atoms with Gasteiger partial charge in [0.1, 0.15) is 0 Å². The third-order valence-electron chi connectivity index (χ3n) is 2.13. The zero-order valence-corrected chi connectivity index (χ0v) is 9.98. The first-order chi connectivity index (χ1) is 8.66. The van der Waals surface area contributed by atoms with Crippen molar-refractivity contribution < 1.29 is 19.2 Å².